The van der Waals surface area contributed by atoms with Gasteiger partial charge in [-0.2, -0.15) is 13.2 Å². The first kappa shape index (κ1) is 13.8. The molecule has 2 N–H and O–H groups in total. The van der Waals surface area contributed by atoms with E-state index in [9.17, 15) is 22.8 Å². The number of halogens is 3. The Morgan fingerprint density at radius 2 is 1.94 bits per heavy atom. The summed E-state index contributed by atoms with van der Waals surface area (Å²) in [6.45, 7) is -0.0935. The minimum Gasteiger partial charge on any atom is -0.481 e. The highest BCUT2D eigenvalue weighted by Gasteiger charge is 2.63. The fourth-order valence-electron chi connectivity index (χ4n) is 2.38. The van der Waals surface area contributed by atoms with Crippen LogP contribution in [0.1, 0.15) is 12.8 Å². The molecule has 1 aliphatic heterocycles. The fourth-order valence-corrected chi connectivity index (χ4v) is 2.38. The van der Waals surface area contributed by atoms with Gasteiger partial charge >= 0.3 is 18.1 Å². The van der Waals surface area contributed by atoms with Crippen molar-refractivity contribution in [1.82, 2.24) is 4.90 Å². The van der Waals surface area contributed by atoms with Gasteiger partial charge in [-0.15, -0.1) is 0 Å². The van der Waals surface area contributed by atoms with Crippen LogP contribution in [0, 0.1) is 5.41 Å². The van der Waals surface area contributed by atoms with Crippen LogP contribution in [-0.2, 0) is 9.59 Å². The molecule has 98 valence electrons. The molecule has 1 aliphatic rings. The van der Waals surface area contributed by atoms with E-state index in [0.717, 1.165) is 11.9 Å². The predicted octanol–water partition coefficient (Wildman–Crippen LogP) is 0.798. The first-order valence-electron chi connectivity index (χ1n) is 4.83. The van der Waals surface area contributed by atoms with E-state index in [1.807, 2.05) is 0 Å². The molecule has 0 aliphatic carbocycles. The Hall–Kier alpha value is -1.31. The molecule has 0 radical (unpaired) electrons. The largest absolute Gasteiger partial charge is 0.481 e. The third-order valence-electron chi connectivity index (χ3n) is 3.08. The predicted molar refractivity (Wildman–Crippen MR) is 49.4 cm³/mol. The minimum atomic E-state index is -4.76. The van der Waals surface area contributed by atoms with Gasteiger partial charge < -0.3 is 10.2 Å². The third kappa shape index (κ3) is 2.36. The summed E-state index contributed by atoms with van der Waals surface area (Å²) in [5, 5.41) is 17.6. The molecule has 0 bridgehead atoms. The molecule has 2 unspecified atom stereocenters. The molecule has 0 amide bonds. The SMILES string of the molecule is CN1CCC(CC(=O)O)(C(=O)O)C1C(F)(F)F. The first-order valence-corrected chi connectivity index (χ1v) is 4.83. The van der Waals surface area contributed by atoms with Crippen LogP contribution >= 0.6 is 0 Å². The van der Waals surface area contributed by atoms with Crippen molar-refractivity contribution in [2.24, 2.45) is 5.41 Å². The maximum absolute atomic E-state index is 12.8. The second-order valence-corrected chi connectivity index (χ2v) is 4.21. The van der Waals surface area contributed by atoms with E-state index in [4.69, 9.17) is 10.2 Å². The molecule has 1 heterocycles. The van der Waals surface area contributed by atoms with Gasteiger partial charge in [0.05, 0.1) is 6.42 Å². The number of hydrogen-bond acceptors (Lipinski definition) is 3. The molecular weight excluding hydrogens is 243 g/mol. The van der Waals surface area contributed by atoms with E-state index in [2.05, 4.69) is 0 Å². The highest BCUT2D eigenvalue weighted by atomic mass is 19.4. The summed E-state index contributed by atoms with van der Waals surface area (Å²) in [5.41, 5.74) is -2.29. The average molecular weight is 255 g/mol. The summed E-state index contributed by atoms with van der Waals surface area (Å²) in [7, 11) is 1.14. The summed E-state index contributed by atoms with van der Waals surface area (Å²) in [6.07, 6.45) is -6.12. The second kappa shape index (κ2) is 4.17. The molecule has 17 heavy (non-hydrogen) atoms. The number of hydrogen-bond donors (Lipinski definition) is 2. The maximum atomic E-state index is 12.8. The van der Waals surface area contributed by atoms with Gasteiger partial charge in [-0.05, 0) is 20.0 Å². The van der Waals surface area contributed by atoms with Gasteiger partial charge in [0.15, 0.2) is 0 Å². The third-order valence-corrected chi connectivity index (χ3v) is 3.08. The molecule has 0 spiro atoms. The highest BCUT2D eigenvalue weighted by molar-refractivity contribution is 5.82. The van der Waals surface area contributed by atoms with E-state index in [-0.39, 0.29) is 13.0 Å². The van der Waals surface area contributed by atoms with Crippen molar-refractivity contribution < 1.29 is 33.0 Å². The Balaban J connectivity index is 3.20. The summed E-state index contributed by atoms with van der Waals surface area (Å²) < 4.78 is 38.5. The van der Waals surface area contributed by atoms with Crippen LogP contribution in [0.5, 0.6) is 0 Å². The minimum absolute atomic E-state index is 0.0935. The van der Waals surface area contributed by atoms with Gasteiger partial charge in [0.1, 0.15) is 11.5 Å². The second-order valence-electron chi connectivity index (χ2n) is 4.21. The van der Waals surface area contributed by atoms with Crippen molar-refractivity contribution in [1.29, 1.82) is 0 Å². The molecule has 5 nitrogen and oxygen atoms in total. The number of alkyl halides is 3. The molecule has 0 aromatic rings. The molecule has 8 heteroatoms. The van der Waals surface area contributed by atoms with Crippen LogP contribution in [-0.4, -0.2) is 52.9 Å². The van der Waals surface area contributed by atoms with Crippen LogP contribution in [0.15, 0.2) is 0 Å². The number of carboxylic acids is 2. The smallest absolute Gasteiger partial charge is 0.405 e. The standard InChI is InChI=1S/C9H12F3NO4/c1-13-3-2-8(7(16)17,4-5(14)15)6(13)9(10,11)12/h6H,2-4H2,1H3,(H,14,15)(H,16,17). The number of carbonyl (C=O) groups is 2. The fraction of sp³-hybridized carbons (Fsp3) is 0.778. The van der Waals surface area contributed by atoms with Gasteiger partial charge in [0.2, 0.25) is 0 Å². The number of nitrogens with zero attached hydrogens (tertiary/aromatic N) is 1. The summed E-state index contributed by atoms with van der Waals surface area (Å²) in [6, 6.07) is -2.26. The normalized spacial score (nSPS) is 30.5. The van der Waals surface area contributed by atoms with E-state index >= 15 is 0 Å². The Labute approximate surface area is 94.8 Å². The van der Waals surface area contributed by atoms with Gasteiger partial charge in [0, 0.05) is 0 Å². The Morgan fingerprint density at radius 3 is 2.29 bits per heavy atom. The number of rotatable bonds is 3. The van der Waals surface area contributed by atoms with Crippen LogP contribution in [0.2, 0.25) is 0 Å². The van der Waals surface area contributed by atoms with E-state index in [1.165, 1.54) is 0 Å². The van der Waals surface area contributed by atoms with E-state index in [0.29, 0.717) is 0 Å². The lowest BCUT2D eigenvalue weighted by Gasteiger charge is -2.33. The maximum Gasteiger partial charge on any atom is 0.405 e. The zero-order chi connectivity index (χ0) is 13.4. The Kier molecular flexibility index (Phi) is 3.37. The first-order chi connectivity index (χ1) is 7.61. The number of likely N-dealkylation sites (tertiary alicyclic amines) is 1. The topological polar surface area (TPSA) is 77.8 Å². The van der Waals surface area contributed by atoms with Crippen LogP contribution in [0.25, 0.3) is 0 Å². The van der Waals surface area contributed by atoms with Crippen molar-refractivity contribution in [3.8, 4) is 0 Å². The lowest BCUT2D eigenvalue weighted by atomic mass is 9.77. The lowest BCUT2D eigenvalue weighted by Crippen LogP contribution is -2.53. The van der Waals surface area contributed by atoms with Gasteiger partial charge in [0.25, 0.3) is 0 Å². The number of carboxylic acid groups (broad SMARTS) is 2. The summed E-state index contributed by atoms with van der Waals surface area (Å²) in [5.74, 6) is -3.26. The van der Waals surface area contributed by atoms with Crippen molar-refractivity contribution in [3.63, 3.8) is 0 Å². The molecule has 1 fully saturated rings. The molecule has 0 aromatic heterocycles. The Bertz CT molecular complexity index is 344. The van der Waals surface area contributed by atoms with Crippen LogP contribution in [0.3, 0.4) is 0 Å². The molecule has 1 saturated heterocycles. The molecule has 1 rings (SSSR count). The summed E-state index contributed by atoms with van der Waals surface area (Å²) >= 11 is 0. The molecule has 0 saturated carbocycles. The van der Waals surface area contributed by atoms with E-state index in [1.54, 1.807) is 0 Å². The molecule has 0 aromatic carbocycles. The van der Waals surface area contributed by atoms with Crippen molar-refractivity contribution in [3.05, 3.63) is 0 Å². The molecule has 2 atom stereocenters. The monoisotopic (exact) mass is 255 g/mol. The van der Waals surface area contributed by atoms with Gasteiger partial charge in [-0.25, -0.2) is 0 Å². The highest BCUT2D eigenvalue weighted by Crippen LogP contribution is 2.47. The number of aliphatic carboxylic acids is 2. The zero-order valence-corrected chi connectivity index (χ0v) is 8.99. The molecular formula is C9H12F3NO4. The van der Waals surface area contributed by atoms with E-state index < -0.39 is 36.0 Å². The van der Waals surface area contributed by atoms with Crippen LogP contribution in [0.4, 0.5) is 13.2 Å². The Morgan fingerprint density at radius 1 is 1.41 bits per heavy atom. The summed E-state index contributed by atoms with van der Waals surface area (Å²) in [4.78, 5) is 22.5. The quantitative estimate of drug-likeness (QED) is 0.779. The van der Waals surface area contributed by atoms with Gasteiger partial charge in [-0.1, -0.05) is 0 Å². The average Bonchev–Trinajstić information content (AvgIpc) is 2.41. The van der Waals surface area contributed by atoms with Crippen molar-refractivity contribution in [2.45, 2.75) is 25.1 Å². The van der Waals surface area contributed by atoms with Gasteiger partial charge in [-0.3, -0.25) is 14.5 Å². The van der Waals surface area contributed by atoms with Crippen molar-refractivity contribution in [2.75, 3.05) is 13.6 Å². The lowest BCUT2D eigenvalue weighted by molar-refractivity contribution is -0.207. The van der Waals surface area contributed by atoms with Crippen molar-refractivity contribution >= 4 is 11.9 Å². The zero-order valence-electron chi connectivity index (χ0n) is 8.99. The van der Waals surface area contributed by atoms with Crippen LogP contribution < -0.4 is 0 Å².